The van der Waals surface area contributed by atoms with Crippen molar-refractivity contribution < 1.29 is 19.2 Å². The summed E-state index contributed by atoms with van der Waals surface area (Å²) in [6.07, 6.45) is 7.86. The highest BCUT2D eigenvalue weighted by molar-refractivity contribution is 6.30. The first-order valence-electron chi connectivity index (χ1n) is 16.6. The molecule has 1 saturated carbocycles. The van der Waals surface area contributed by atoms with Crippen molar-refractivity contribution in [1.29, 1.82) is 0 Å². The van der Waals surface area contributed by atoms with E-state index >= 15 is 0 Å². The fourth-order valence-corrected chi connectivity index (χ4v) is 7.75. The number of para-hydroxylation sites is 1. The minimum atomic E-state index is -0.692. The van der Waals surface area contributed by atoms with E-state index in [0.717, 1.165) is 30.5 Å². The molecule has 45 heavy (non-hydrogen) atoms. The van der Waals surface area contributed by atoms with Crippen LogP contribution in [-0.4, -0.2) is 89.2 Å². The van der Waals surface area contributed by atoms with Crippen molar-refractivity contribution in [1.82, 2.24) is 20.0 Å². The number of hydrogen-bond acceptors (Lipinski definition) is 6. The van der Waals surface area contributed by atoms with E-state index in [1.165, 1.54) is 29.7 Å². The molecule has 9 nitrogen and oxygen atoms in total. The van der Waals surface area contributed by atoms with Crippen LogP contribution in [0.3, 0.4) is 0 Å². The van der Waals surface area contributed by atoms with Gasteiger partial charge >= 0.3 is 0 Å². The second kappa shape index (κ2) is 14.3. The smallest absolute Gasteiger partial charge is 0.245 e. The number of likely N-dealkylation sites (tertiary alicyclic amines) is 1. The first kappa shape index (κ1) is 31.5. The Morgan fingerprint density at radius 3 is 2.29 bits per heavy atom. The SMILES string of the molecule is O=C(CC1Cc2ccccc2N1)N[C@H](Cc1ccc(Cl)cc1)C(=O)N1CCN(C(CN2C(=O)CCC2=O)C2CCCCC2)CC1. The Morgan fingerprint density at radius 2 is 1.60 bits per heavy atom. The predicted octanol–water partition coefficient (Wildman–Crippen LogP) is 4.04. The molecule has 4 amide bonds. The van der Waals surface area contributed by atoms with Gasteiger partial charge < -0.3 is 15.5 Å². The summed E-state index contributed by atoms with van der Waals surface area (Å²) in [5.41, 5.74) is 3.19. The lowest BCUT2D eigenvalue weighted by Gasteiger charge is -2.44. The van der Waals surface area contributed by atoms with E-state index in [-0.39, 0.29) is 42.1 Å². The minimum Gasteiger partial charge on any atom is -0.381 e. The molecule has 2 aromatic carbocycles. The van der Waals surface area contributed by atoms with Gasteiger partial charge in [0, 0.05) is 81.2 Å². The summed E-state index contributed by atoms with van der Waals surface area (Å²) in [6, 6.07) is 14.9. The van der Waals surface area contributed by atoms with Crippen LogP contribution in [0, 0.1) is 5.92 Å². The van der Waals surface area contributed by atoms with E-state index in [1.54, 1.807) is 12.1 Å². The average Bonchev–Trinajstić information content (AvgIpc) is 3.61. The molecular formula is C35H44ClN5O4. The van der Waals surface area contributed by atoms with Crippen LogP contribution in [0.5, 0.6) is 0 Å². The quantitative estimate of drug-likeness (QED) is 0.383. The Bertz CT molecular complexity index is 1350. The lowest BCUT2D eigenvalue weighted by molar-refractivity contribution is -0.140. The van der Waals surface area contributed by atoms with Gasteiger partial charge in [0.2, 0.25) is 23.6 Å². The summed E-state index contributed by atoms with van der Waals surface area (Å²) in [5, 5.41) is 7.14. The third-order valence-electron chi connectivity index (χ3n) is 10.1. The van der Waals surface area contributed by atoms with Gasteiger partial charge in [0.15, 0.2) is 0 Å². The van der Waals surface area contributed by atoms with E-state index in [4.69, 9.17) is 11.6 Å². The number of hydrogen-bond donors (Lipinski definition) is 2. The third kappa shape index (κ3) is 7.69. The molecule has 3 atom stereocenters. The molecule has 6 rings (SSSR count). The van der Waals surface area contributed by atoms with Gasteiger partial charge in [0.25, 0.3) is 0 Å². The van der Waals surface area contributed by atoms with Crippen molar-refractivity contribution in [3.63, 3.8) is 0 Å². The summed E-state index contributed by atoms with van der Waals surface area (Å²) in [7, 11) is 0. The first-order valence-corrected chi connectivity index (χ1v) is 17.0. The molecular weight excluding hydrogens is 590 g/mol. The highest BCUT2D eigenvalue weighted by atomic mass is 35.5. The van der Waals surface area contributed by atoms with Crippen LogP contribution in [0.15, 0.2) is 48.5 Å². The number of carbonyl (C=O) groups excluding carboxylic acids is 4. The van der Waals surface area contributed by atoms with E-state index < -0.39 is 6.04 Å². The largest absolute Gasteiger partial charge is 0.381 e. The number of nitrogens with zero attached hydrogens (tertiary/aromatic N) is 3. The second-order valence-corrected chi connectivity index (χ2v) is 13.5. The maximum atomic E-state index is 14.0. The second-order valence-electron chi connectivity index (χ2n) is 13.1. The summed E-state index contributed by atoms with van der Waals surface area (Å²) >= 11 is 6.12. The number of halogens is 1. The third-order valence-corrected chi connectivity index (χ3v) is 10.3. The van der Waals surface area contributed by atoms with Crippen LogP contribution in [0.25, 0.3) is 0 Å². The minimum absolute atomic E-state index is 0.0108. The van der Waals surface area contributed by atoms with Crippen molar-refractivity contribution in [3.8, 4) is 0 Å². The molecule has 0 radical (unpaired) electrons. The van der Waals surface area contributed by atoms with Gasteiger partial charge in [-0.3, -0.25) is 29.0 Å². The summed E-state index contributed by atoms with van der Waals surface area (Å²) < 4.78 is 0. The first-order chi connectivity index (χ1) is 21.8. The lowest BCUT2D eigenvalue weighted by atomic mass is 9.82. The topological polar surface area (TPSA) is 102 Å². The highest BCUT2D eigenvalue weighted by Gasteiger charge is 2.38. The maximum absolute atomic E-state index is 14.0. The fourth-order valence-electron chi connectivity index (χ4n) is 7.62. The molecule has 10 heteroatoms. The normalized spacial score (nSPS) is 22.2. The monoisotopic (exact) mass is 633 g/mol. The van der Waals surface area contributed by atoms with Crippen molar-refractivity contribution in [2.75, 3.05) is 38.0 Å². The number of nitrogens with one attached hydrogen (secondary N) is 2. The number of amides is 4. The molecule has 2 unspecified atom stereocenters. The van der Waals surface area contributed by atoms with Gasteiger partial charge in [-0.2, -0.15) is 0 Å². The summed E-state index contributed by atoms with van der Waals surface area (Å²) in [4.78, 5) is 58.1. The molecule has 1 aliphatic carbocycles. The lowest BCUT2D eigenvalue weighted by Crippen LogP contribution is -2.59. The van der Waals surface area contributed by atoms with E-state index in [1.807, 2.05) is 35.2 Å². The van der Waals surface area contributed by atoms with Gasteiger partial charge in [0.05, 0.1) is 0 Å². The molecule has 240 valence electrons. The standard InChI is InChI=1S/C35H44ClN5O4/c36-27-12-10-24(11-13-27)20-30(38-32(42)22-28-21-26-8-4-5-9-29(26)37-28)35(45)40-18-16-39(17-19-40)31(25-6-2-1-3-7-25)23-41-33(43)14-15-34(41)44/h4-5,8-13,25,28,30-31,37H,1-3,6-7,14-23H2,(H,38,42)/t28?,30-,31?/m1/s1. The predicted molar refractivity (Wildman–Crippen MR) is 174 cm³/mol. The summed E-state index contributed by atoms with van der Waals surface area (Å²) in [6.45, 7) is 2.88. The van der Waals surface area contributed by atoms with Gasteiger partial charge in [-0.05, 0) is 54.5 Å². The number of piperazine rings is 1. The van der Waals surface area contributed by atoms with Crippen molar-refractivity contribution in [2.45, 2.75) is 82.3 Å². The number of benzene rings is 2. The Hall–Kier alpha value is -3.43. The Labute approximate surface area is 270 Å². The summed E-state index contributed by atoms with van der Waals surface area (Å²) in [5.74, 6) is 0.0805. The Balaban J connectivity index is 1.10. The molecule has 3 aliphatic heterocycles. The molecule has 2 saturated heterocycles. The van der Waals surface area contributed by atoms with Crippen LogP contribution in [0.4, 0.5) is 5.69 Å². The number of carbonyl (C=O) groups is 4. The van der Waals surface area contributed by atoms with E-state index in [9.17, 15) is 19.2 Å². The van der Waals surface area contributed by atoms with Crippen LogP contribution in [0.2, 0.25) is 5.02 Å². The van der Waals surface area contributed by atoms with Crippen LogP contribution < -0.4 is 10.6 Å². The number of fused-ring (bicyclic) bond motifs is 1. The average molecular weight is 634 g/mol. The Kier molecular flexibility index (Phi) is 10.0. The zero-order valence-electron chi connectivity index (χ0n) is 25.9. The van der Waals surface area contributed by atoms with Crippen molar-refractivity contribution >= 4 is 40.9 Å². The number of rotatable bonds is 10. The molecule has 0 spiro atoms. The fraction of sp³-hybridized carbons (Fsp3) is 0.543. The molecule has 4 aliphatic rings. The molecule has 2 N–H and O–H groups in total. The van der Waals surface area contributed by atoms with Gasteiger partial charge in [0.1, 0.15) is 6.04 Å². The van der Waals surface area contributed by atoms with E-state index in [0.29, 0.717) is 62.9 Å². The molecule has 0 bridgehead atoms. The molecule has 3 heterocycles. The molecule has 2 aromatic rings. The van der Waals surface area contributed by atoms with Crippen LogP contribution in [0.1, 0.15) is 62.5 Å². The maximum Gasteiger partial charge on any atom is 0.245 e. The highest BCUT2D eigenvalue weighted by Crippen LogP contribution is 2.31. The van der Waals surface area contributed by atoms with Gasteiger partial charge in [-0.1, -0.05) is 61.2 Å². The van der Waals surface area contributed by atoms with E-state index in [2.05, 4.69) is 21.6 Å². The van der Waals surface area contributed by atoms with Gasteiger partial charge in [-0.15, -0.1) is 0 Å². The van der Waals surface area contributed by atoms with Gasteiger partial charge in [-0.25, -0.2) is 0 Å². The molecule has 3 fully saturated rings. The zero-order chi connectivity index (χ0) is 31.3. The number of anilines is 1. The molecule has 0 aromatic heterocycles. The number of imide groups is 1. The van der Waals surface area contributed by atoms with Crippen LogP contribution >= 0.6 is 11.6 Å². The Morgan fingerprint density at radius 1 is 0.911 bits per heavy atom. The zero-order valence-corrected chi connectivity index (χ0v) is 26.6. The van der Waals surface area contributed by atoms with Crippen molar-refractivity contribution in [3.05, 3.63) is 64.7 Å². The van der Waals surface area contributed by atoms with Crippen LogP contribution in [-0.2, 0) is 32.0 Å². The van der Waals surface area contributed by atoms with Crippen molar-refractivity contribution in [2.24, 2.45) is 5.92 Å².